The molecule has 4 rings (SSSR count). The molecule has 1 aromatic heterocycles. The predicted octanol–water partition coefficient (Wildman–Crippen LogP) is 3.47. The maximum absolute atomic E-state index is 4.88. The second-order valence-corrected chi connectivity index (χ2v) is 6.25. The van der Waals surface area contributed by atoms with Crippen molar-refractivity contribution in [3.8, 4) is 0 Å². The first-order valence-corrected chi connectivity index (χ1v) is 8.27. The lowest BCUT2D eigenvalue weighted by molar-refractivity contribution is 0.747. The fourth-order valence-electron chi connectivity index (χ4n) is 3.51. The number of rotatable bonds is 2. The molecule has 1 saturated heterocycles. The molecule has 0 atom stereocenters. The van der Waals surface area contributed by atoms with Crippen molar-refractivity contribution in [3.05, 3.63) is 41.6 Å². The van der Waals surface area contributed by atoms with Crippen LogP contribution in [0.15, 0.2) is 30.3 Å². The van der Waals surface area contributed by atoms with Crippen LogP contribution in [0.25, 0.3) is 0 Å². The lowest BCUT2D eigenvalue weighted by Gasteiger charge is -2.30. The van der Waals surface area contributed by atoms with E-state index in [1.165, 1.54) is 24.1 Å². The highest BCUT2D eigenvalue weighted by molar-refractivity contribution is 5.64. The van der Waals surface area contributed by atoms with Crippen LogP contribution in [0.2, 0.25) is 0 Å². The van der Waals surface area contributed by atoms with Crippen LogP contribution in [0.4, 0.5) is 17.5 Å². The second kappa shape index (κ2) is 5.59. The highest BCUT2D eigenvalue weighted by atomic mass is 15.3. The molecule has 1 fully saturated rings. The Morgan fingerprint density at radius 1 is 0.955 bits per heavy atom. The number of fused-ring (bicyclic) bond motifs is 1. The standard InChI is InChI=1S/C18H22N4/c1-14-13-17(21-10-4-5-11-21)20-18(19-14)22-12-6-8-15-7-2-3-9-16(15)22/h2-3,7,9,13H,4-6,8,10-12H2,1H3. The molecule has 0 spiro atoms. The summed E-state index contributed by atoms with van der Waals surface area (Å²) in [5.41, 5.74) is 3.73. The Bertz CT molecular complexity index is 677. The summed E-state index contributed by atoms with van der Waals surface area (Å²) in [5.74, 6) is 1.94. The Morgan fingerprint density at radius 2 is 1.77 bits per heavy atom. The van der Waals surface area contributed by atoms with Gasteiger partial charge in [-0.15, -0.1) is 0 Å². The number of aryl methyl sites for hydroxylation is 2. The van der Waals surface area contributed by atoms with Gasteiger partial charge in [0.25, 0.3) is 0 Å². The van der Waals surface area contributed by atoms with Crippen molar-refractivity contribution in [2.45, 2.75) is 32.6 Å². The Kier molecular flexibility index (Phi) is 3.45. The normalized spacial score (nSPS) is 17.7. The molecule has 3 heterocycles. The zero-order chi connectivity index (χ0) is 14.9. The minimum atomic E-state index is 0.856. The lowest BCUT2D eigenvalue weighted by Crippen LogP contribution is -2.27. The lowest BCUT2D eigenvalue weighted by atomic mass is 10.0. The Hall–Kier alpha value is -2.10. The minimum absolute atomic E-state index is 0.856. The molecular weight excluding hydrogens is 272 g/mol. The van der Waals surface area contributed by atoms with Crippen molar-refractivity contribution in [2.24, 2.45) is 0 Å². The third-order valence-electron chi connectivity index (χ3n) is 4.61. The zero-order valence-electron chi connectivity index (χ0n) is 13.1. The van der Waals surface area contributed by atoms with Gasteiger partial charge in [-0.25, -0.2) is 4.98 Å². The van der Waals surface area contributed by atoms with Gasteiger partial charge in [0.2, 0.25) is 5.95 Å². The molecule has 0 radical (unpaired) electrons. The molecule has 0 amide bonds. The third kappa shape index (κ3) is 2.43. The summed E-state index contributed by atoms with van der Waals surface area (Å²) in [6.45, 7) is 5.31. The van der Waals surface area contributed by atoms with E-state index < -0.39 is 0 Å². The summed E-state index contributed by atoms with van der Waals surface area (Å²) >= 11 is 0. The summed E-state index contributed by atoms with van der Waals surface area (Å²) < 4.78 is 0. The first-order chi connectivity index (χ1) is 10.8. The highest BCUT2D eigenvalue weighted by Crippen LogP contribution is 2.32. The van der Waals surface area contributed by atoms with Crippen LogP contribution in [-0.2, 0) is 6.42 Å². The maximum Gasteiger partial charge on any atom is 0.232 e. The quantitative estimate of drug-likeness (QED) is 0.849. The van der Waals surface area contributed by atoms with Crippen LogP contribution in [-0.4, -0.2) is 29.6 Å². The van der Waals surface area contributed by atoms with Crippen LogP contribution in [0.1, 0.15) is 30.5 Å². The van der Waals surface area contributed by atoms with E-state index >= 15 is 0 Å². The SMILES string of the molecule is Cc1cc(N2CCCC2)nc(N2CCCc3ccccc32)n1. The van der Waals surface area contributed by atoms with E-state index in [2.05, 4.69) is 47.1 Å². The topological polar surface area (TPSA) is 32.3 Å². The number of anilines is 3. The largest absolute Gasteiger partial charge is 0.356 e. The van der Waals surface area contributed by atoms with Gasteiger partial charge in [-0.05, 0) is 44.2 Å². The number of hydrogen-bond acceptors (Lipinski definition) is 4. The molecule has 0 aliphatic carbocycles. The number of hydrogen-bond donors (Lipinski definition) is 0. The summed E-state index contributed by atoms with van der Waals surface area (Å²) in [7, 11) is 0. The fourth-order valence-corrected chi connectivity index (χ4v) is 3.51. The molecule has 0 N–H and O–H groups in total. The van der Waals surface area contributed by atoms with Gasteiger partial charge in [0.05, 0.1) is 0 Å². The first-order valence-electron chi connectivity index (χ1n) is 8.27. The molecule has 2 aliphatic heterocycles. The zero-order valence-corrected chi connectivity index (χ0v) is 13.1. The minimum Gasteiger partial charge on any atom is -0.356 e. The second-order valence-electron chi connectivity index (χ2n) is 6.25. The van der Waals surface area contributed by atoms with Gasteiger partial charge in [-0.3, -0.25) is 0 Å². The predicted molar refractivity (Wildman–Crippen MR) is 90.0 cm³/mol. The monoisotopic (exact) mass is 294 g/mol. The van der Waals surface area contributed by atoms with Gasteiger partial charge in [0, 0.05) is 37.1 Å². The van der Waals surface area contributed by atoms with Crippen LogP contribution in [0, 0.1) is 6.92 Å². The first kappa shape index (κ1) is 13.6. The van der Waals surface area contributed by atoms with E-state index in [9.17, 15) is 0 Å². The summed E-state index contributed by atoms with van der Waals surface area (Å²) in [6.07, 6.45) is 4.85. The van der Waals surface area contributed by atoms with Gasteiger partial charge < -0.3 is 9.80 Å². The van der Waals surface area contributed by atoms with E-state index in [-0.39, 0.29) is 0 Å². The Labute approximate surface area is 131 Å². The van der Waals surface area contributed by atoms with Crippen molar-refractivity contribution in [3.63, 3.8) is 0 Å². The molecule has 0 unspecified atom stereocenters. The van der Waals surface area contributed by atoms with E-state index in [1.54, 1.807) is 0 Å². The van der Waals surface area contributed by atoms with Gasteiger partial charge in [0.15, 0.2) is 0 Å². The van der Waals surface area contributed by atoms with Gasteiger partial charge >= 0.3 is 0 Å². The molecule has 4 heteroatoms. The van der Waals surface area contributed by atoms with Crippen LogP contribution in [0.3, 0.4) is 0 Å². The smallest absolute Gasteiger partial charge is 0.232 e. The fraction of sp³-hybridized carbons (Fsp3) is 0.444. The molecule has 0 bridgehead atoms. The molecule has 2 aliphatic rings. The van der Waals surface area contributed by atoms with Gasteiger partial charge in [0.1, 0.15) is 5.82 Å². The Morgan fingerprint density at radius 3 is 2.64 bits per heavy atom. The van der Waals surface area contributed by atoms with Crippen LogP contribution in [0.5, 0.6) is 0 Å². The van der Waals surface area contributed by atoms with Crippen molar-refractivity contribution in [1.82, 2.24) is 9.97 Å². The number of para-hydroxylation sites is 1. The van der Waals surface area contributed by atoms with Crippen molar-refractivity contribution >= 4 is 17.5 Å². The van der Waals surface area contributed by atoms with E-state index in [0.717, 1.165) is 49.9 Å². The number of nitrogens with zero attached hydrogens (tertiary/aromatic N) is 4. The Balaban J connectivity index is 1.74. The van der Waals surface area contributed by atoms with Crippen LogP contribution >= 0.6 is 0 Å². The average molecular weight is 294 g/mol. The summed E-state index contributed by atoms with van der Waals surface area (Å²) in [6, 6.07) is 10.8. The van der Waals surface area contributed by atoms with Gasteiger partial charge in [-0.1, -0.05) is 18.2 Å². The highest BCUT2D eigenvalue weighted by Gasteiger charge is 2.22. The van der Waals surface area contributed by atoms with Crippen LogP contribution < -0.4 is 9.80 Å². The van der Waals surface area contributed by atoms with Gasteiger partial charge in [-0.2, -0.15) is 4.98 Å². The molecule has 22 heavy (non-hydrogen) atoms. The summed E-state index contributed by atoms with van der Waals surface area (Å²) in [5, 5.41) is 0. The van der Waals surface area contributed by atoms with Crippen molar-refractivity contribution < 1.29 is 0 Å². The van der Waals surface area contributed by atoms with E-state index in [0.29, 0.717) is 0 Å². The van der Waals surface area contributed by atoms with Crippen molar-refractivity contribution in [1.29, 1.82) is 0 Å². The third-order valence-corrected chi connectivity index (χ3v) is 4.61. The van der Waals surface area contributed by atoms with E-state index in [4.69, 9.17) is 9.97 Å². The number of aromatic nitrogens is 2. The maximum atomic E-state index is 4.88. The van der Waals surface area contributed by atoms with E-state index in [1.807, 2.05) is 0 Å². The number of benzene rings is 1. The summed E-state index contributed by atoms with van der Waals surface area (Å²) in [4.78, 5) is 14.3. The molecule has 2 aromatic rings. The molecule has 0 saturated carbocycles. The molecule has 1 aromatic carbocycles. The molecule has 4 nitrogen and oxygen atoms in total. The molecular formula is C18H22N4. The average Bonchev–Trinajstić information content (AvgIpc) is 3.08. The van der Waals surface area contributed by atoms with Crippen molar-refractivity contribution in [2.75, 3.05) is 29.4 Å². The molecule has 114 valence electrons.